The summed E-state index contributed by atoms with van der Waals surface area (Å²) < 4.78 is 10.5. The van der Waals surface area contributed by atoms with E-state index >= 15 is 0 Å². The molecule has 0 saturated heterocycles. The van der Waals surface area contributed by atoms with E-state index in [-0.39, 0.29) is 5.91 Å². The smallest absolute Gasteiger partial charge is 0.275 e. The molecule has 25 heavy (non-hydrogen) atoms. The van der Waals surface area contributed by atoms with Crippen LogP contribution in [0, 0.1) is 0 Å². The Bertz CT molecular complexity index is 935. The number of amides is 1. The number of nitrogens with zero attached hydrogens (tertiary/aromatic N) is 1. The van der Waals surface area contributed by atoms with Gasteiger partial charge in [-0.25, -0.2) is 5.43 Å². The van der Waals surface area contributed by atoms with Gasteiger partial charge < -0.3 is 9.47 Å². The predicted molar refractivity (Wildman–Crippen MR) is 98.6 cm³/mol. The molecule has 0 unspecified atom stereocenters. The molecule has 0 aliphatic carbocycles. The molecule has 3 rings (SSSR count). The predicted octanol–water partition coefficient (Wildman–Crippen LogP) is 3.62. The molecular weight excluding hydrogens is 316 g/mol. The van der Waals surface area contributed by atoms with Crippen molar-refractivity contribution in [3.8, 4) is 11.5 Å². The van der Waals surface area contributed by atoms with Crippen LogP contribution in [0.15, 0.2) is 65.8 Å². The van der Waals surface area contributed by atoms with E-state index in [1.54, 1.807) is 26.5 Å². The van der Waals surface area contributed by atoms with Crippen LogP contribution in [0.4, 0.5) is 0 Å². The van der Waals surface area contributed by atoms with Gasteiger partial charge in [0.15, 0.2) is 0 Å². The summed E-state index contributed by atoms with van der Waals surface area (Å²) in [5.41, 5.74) is 3.79. The van der Waals surface area contributed by atoms with Crippen molar-refractivity contribution in [2.75, 3.05) is 14.2 Å². The lowest BCUT2D eigenvalue weighted by Gasteiger charge is -2.09. The van der Waals surface area contributed by atoms with Gasteiger partial charge in [-0.05, 0) is 40.6 Å². The molecule has 0 aromatic heterocycles. The standard InChI is InChI=1S/C20H18N2O3/c1-24-17-9-5-6-14(10-17)13-21-22-20(23)18-11-15-7-3-4-8-16(15)12-19(18)25-2/h3-13H,1-2H3,(H,22,23). The molecule has 5 nitrogen and oxygen atoms in total. The lowest BCUT2D eigenvalue weighted by atomic mass is 10.1. The van der Waals surface area contributed by atoms with E-state index in [2.05, 4.69) is 10.5 Å². The number of rotatable bonds is 5. The molecule has 0 spiro atoms. The van der Waals surface area contributed by atoms with E-state index in [0.717, 1.165) is 22.1 Å². The highest BCUT2D eigenvalue weighted by molar-refractivity contribution is 6.01. The molecule has 0 aliphatic rings. The maximum atomic E-state index is 12.5. The van der Waals surface area contributed by atoms with Crippen molar-refractivity contribution >= 4 is 22.9 Å². The van der Waals surface area contributed by atoms with E-state index < -0.39 is 0 Å². The minimum atomic E-state index is -0.332. The number of methoxy groups -OCH3 is 2. The summed E-state index contributed by atoms with van der Waals surface area (Å²) in [5, 5.41) is 5.99. The molecule has 1 N–H and O–H groups in total. The Morgan fingerprint density at radius 2 is 1.72 bits per heavy atom. The van der Waals surface area contributed by atoms with Crippen LogP contribution < -0.4 is 14.9 Å². The van der Waals surface area contributed by atoms with Gasteiger partial charge >= 0.3 is 0 Å². The zero-order chi connectivity index (χ0) is 17.6. The molecule has 0 aliphatic heterocycles. The van der Waals surface area contributed by atoms with E-state index in [1.807, 2.05) is 54.6 Å². The van der Waals surface area contributed by atoms with E-state index in [1.165, 1.54) is 0 Å². The van der Waals surface area contributed by atoms with Gasteiger partial charge in [-0.1, -0.05) is 36.4 Å². The average Bonchev–Trinajstić information content (AvgIpc) is 2.67. The third-order valence-corrected chi connectivity index (χ3v) is 3.79. The van der Waals surface area contributed by atoms with Crippen LogP contribution >= 0.6 is 0 Å². The molecule has 3 aromatic carbocycles. The van der Waals surface area contributed by atoms with Crippen LogP contribution in [0.25, 0.3) is 10.8 Å². The van der Waals surface area contributed by atoms with Crippen LogP contribution in [-0.4, -0.2) is 26.3 Å². The Morgan fingerprint density at radius 1 is 0.960 bits per heavy atom. The summed E-state index contributed by atoms with van der Waals surface area (Å²) >= 11 is 0. The average molecular weight is 334 g/mol. The Hall–Kier alpha value is -3.34. The second kappa shape index (κ2) is 7.49. The second-order valence-electron chi connectivity index (χ2n) is 5.38. The van der Waals surface area contributed by atoms with Gasteiger partial charge in [-0.3, -0.25) is 4.79 Å². The number of nitrogens with one attached hydrogen (secondary N) is 1. The monoisotopic (exact) mass is 334 g/mol. The molecule has 3 aromatic rings. The third kappa shape index (κ3) is 3.77. The second-order valence-corrected chi connectivity index (χ2v) is 5.38. The fourth-order valence-electron chi connectivity index (χ4n) is 2.51. The number of hydrazone groups is 1. The van der Waals surface area contributed by atoms with Gasteiger partial charge in [0.25, 0.3) is 5.91 Å². The van der Waals surface area contributed by atoms with E-state index in [4.69, 9.17) is 9.47 Å². The topological polar surface area (TPSA) is 59.9 Å². The number of carbonyl (C=O) groups excluding carboxylic acids is 1. The minimum Gasteiger partial charge on any atom is -0.497 e. The van der Waals surface area contributed by atoms with Crippen LogP contribution in [-0.2, 0) is 0 Å². The summed E-state index contributed by atoms with van der Waals surface area (Å²) in [6.45, 7) is 0. The highest BCUT2D eigenvalue weighted by atomic mass is 16.5. The van der Waals surface area contributed by atoms with E-state index in [9.17, 15) is 4.79 Å². The first kappa shape index (κ1) is 16.5. The Labute approximate surface area is 145 Å². The van der Waals surface area contributed by atoms with Crippen LogP contribution in [0.5, 0.6) is 11.5 Å². The molecule has 0 bridgehead atoms. The minimum absolute atomic E-state index is 0.332. The Morgan fingerprint density at radius 3 is 2.44 bits per heavy atom. The summed E-state index contributed by atoms with van der Waals surface area (Å²) in [6.07, 6.45) is 1.56. The molecule has 0 saturated carbocycles. The summed E-state index contributed by atoms with van der Waals surface area (Å²) in [4.78, 5) is 12.5. The van der Waals surface area contributed by atoms with Crippen molar-refractivity contribution in [1.82, 2.24) is 5.43 Å². The van der Waals surface area contributed by atoms with Gasteiger partial charge in [-0.15, -0.1) is 0 Å². The Kier molecular flexibility index (Phi) is 4.95. The zero-order valence-corrected chi connectivity index (χ0v) is 14.0. The first-order valence-corrected chi connectivity index (χ1v) is 7.75. The SMILES string of the molecule is COc1cccc(C=NNC(=O)c2cc3ccccc3cc2OC)c1. The molecule has 126 valence electrons. The van der Waals surface area contributed by atoms with Gasteiger partial charge in [0.1, 0.15) is 11.5 Å². The highest BCUT2D eigenvalue weighted by Gasteiger charge is 2.13. The molecule has 0 atom stereocenters. The number of fused-ring (bicyclic) bond motifs is 1. The van der Waals surface area contributed by atoms with Crippen molar-refractivity contribution in [3.05, 3.63) is 71.8 Å². The molecule has 0 fully saturated rings. The first-order chi connectivity index (χ1) is 12.2. The molecule has 0 heterocycles. The molecule has 1 amide bonds. The first-order valence-electron chi connectivity index (χ1n) is 7.75. The largest absolute Gasteiger partial charge is 0.497 e. The lowest BCUT2D eigenvalue weighted by molar-refractivity contribution is 0.0952. The van der Waals surface area contributed by atoms with Crippen LogP contribution in [0.1, 0.15) is 15.9 Å². The van der Waals surface area contributed by atoms with Gasteiger partial charge in [0.05, 0.1) is 26.0 Å². The number of ether oxygens (including phenoxy) is 2. The van der Waals surface area contributed by atoms with Crippen molar-refractivity contribution < 1.29 is 14.3 Å². The van der Waals surface area contributed by atoms with Gasteiger partial charge in [0, 0.05) is 0 Å². The molecular formula is C20H18N2O3. The summed E-state index contributed by atoms with van der Waals surface area (Å²) in [6, 6.07) is 18.8. The number of hydrogen-bond donors (Lipinski definition) is 1. The fraction of sp³-hybridized carbons (Fsp3) is 0.100. The van der Waals surface area contributed by atoms with Crippen molar-refractivity contribution in [1.29, 1.82) is 0 Å². The quantitative estimate of drug-likeness (QED) is 0.573. The summed E-state index contributed by atoms with van der Waals surface area (Å²) in [5.74, 6) is 0.904. The number of carbonyl (C=O) groups is 1. The Balaban J connectivity index is 1.80. The highest BCUT2D eigenvalue weighted by Crippen LogP contribution is 2.25. The van der Waals surface area contributed by atoms with Crippen molar-refractivity contribution in [2.24, 2.45) is 5.10 Å². The van der Waals surface area contributed by atoms with Gasteiger partial charge in [0.2, 0.25) is 0 Å². The molecule has 0 radical (unpaired) electrons. The van der Waals surface area contributed by atoms with Crippen molar-refractivity contribution in [2.45, 2.75) is 0 Å². The van der Waals surface area contributed by atoms with Gasteiger partial charge in [-0.2, -0.15) is 5.10 Å². The lowest BCUT2D eigenvalue weighted by Crippen LogP contribution is -2.18. The zero-order valence-electron chi connectivity index (χ0n) is 14.0. The fourth-order valence-corrected chi connectivity index (χ4v) is 2.51. The summed E-state index contributed by atoms with van der Waals surface area (Å²) in [7, 11) is 3.14. The third-order valence-electron chi connectivity index (χ3n) is 3.79. The van der Waals surface area contributed by atoms with Crippen LogP contribution in [0.2, 0.25) is 0 Å². The van der Waals surface area contributed by atoms with Crippen molar-refractivity contribution in [3.63, 3.8) is 0 Å². The van der Waals surface area contributed by atoms with E-state index in [0.29, 0.717) is 11.3 Å². The molecule has 5 heteroatoms. The number of benzene rings is 3. The van der Waals surface area contributed by atoms with Crippen LogP contribution in [0.3, 0.4) is 0 Å². The maximum Gasteiger partial charge on any atom is 0.275 e. The normalized spacial score (nSPS) is 10.8. The maximum absolute atomic E-state index is 12.5. The number of hydrogen-bond acceptors (Lipinski definition) is 4.